The molecule has 3 N–H and O–H groups in total. The third-order valence-corrected chi connectivity index (χ3v) is 2.32. The highest BCUT2D eigenvalue weighted by molar-refractivity contribution is 5.94. The van der Waals surface area contributed by atoms with Crippen LogP contribution in [0.3, 0.4) is 0 Å². The van der Waals surface area contributed by atoms with Crippen LogP contribution in [0.1, 0.15) is 16.7 Å². The normalized spacial score (nSPS) is 9.18. The first kappa shape index (κ1) is 11.0. The van der Waals surface area contributed by atoms with Crippen molar-refractivity contribution in [3.8, 4) is 11.8 Å². The van der Waals surface area contributed by atoms with Crippen molar-refractivity contribution in [1.29, 1.82) is 5.41 Å². The molecule has 0 saturated heterocycles. The van der Waals surface area contributed by atoms with Gasteiger partial charge in [0.25, 0.3) is 0 Å². The van der Waals surface area contributed by atoms with Crippen LogP contribution >= 0.6 is 0 Å². The van der Waals surface area contributed by atoms with Gasteiger partial charge in [-0.05, 0) is 24.3 Å². The highest BCUT2D eigenvalue weighted by Gasteiger charge is 1.94. The molecule has 2 nitrogen and oxygen atoms in total. The molecule has 82 valence electrons. The molecule has 0 spiro atoms. The van der Waals surface area contributed by atoms with E-state index < -0.39 is 0 Å². The van der Waals surface area contributed by atoms with E-state index in [1.165, 1.54) is 0 Å². The molecule has 2 aromatic carbocycles. The van der Waals surface area contributed by atoms with Crippen LogP contribution in [-0.4, -0.2) is 5.84 Å². The van der Waals surface area contributed by atoms with E-state index in [-0.39, 0.29) is 5.84 Å². The number of nitrogens with two attached hydrogens (primary N) is 1. The molecule has 2 heteroatoms. The molecule has 0 bridgehead atoms. The fraction of sp³-hybridized carbons (Fsp3) is 0. The third kappa shape index (κ3) is 2.96. The van der Waals surface area contributed by atoms with Crippen LogP contribution in [0, 0.1) is 17.3 Å². The molecule has 0 aliphatic heterocycles. The minimum atomic E-state index is 0.0765. The number of nitrogens with one attached hydrogen (secondary N) is 1. The van der Waals surface area contributed by atoms with Gasteiger partial charge in [0.1, 0.15) is 5.84 Å². The fourth-order valence-corrected chi connectivity index (χ4v) is 1.40. The third-order valence-electron chi connectivity index (χ3n) is 2.32. The Labute approximate surface area is 101 Å². The zero-order chi connectivity index (χ0) is 12.1. The number of benzene rings is 2. The van der Waals surface area contributed by atoms with Crippen LogP contribution in [0.25, 0.3) is 0 Å². The molecule has 0 atom stereocenters. The van der Waals surface area contributed by atoms with Crippen molar-refractivity contribution in [3.63, 3.8) is 0 Å². The van der Waals surface area contributed by atoms with E-state index in [2.05, 4.69) is 11.8 Å². The van der Waals surface area contributed by atoms with E-state index in [1.54, 1.807) is 12.1 Å². The topological polar surface area (TPSA) is 49.9 Å². The van der Waals surface area contributed by atoms with Crippen LogP contribution in [0.15, 0.2) is 54.6 Å². The van der Waals surface area contributed by atoms with Gasteiger partial charge in [-0.15, -0.1) is 0 Å². The van der Waals surface area contributed by atoms with E-state index >= 15 is 0 Å². The van der Waals surface area contributed by atoms with Crippen LogP contribution in [0.5, 0.6) is 0 Å². The van der Waals surface area contributed by atoms with E-state index in [0.717, 1.165) is 16.7 Å². The van der Waals surface area contributed by atoms with Crippen molar-refractivity contribution < 1.29 is 0 Å². The summed E-state index contributed by atoms with van der Waals surface area (Å²) in [5, 5.41) is 7.28. The number of nitrogen functional groups attached to an aromatic ring is 1. The second kappa shape index (κ2) is 5.00. The average molecular weight is 220 g/mol. The smallest absolute Gasteiger partial charge is 0.122 e. The maximum Gasteiger partial charge on any atom is 0.122 e. The summed E-state index contributed by atoms with van der Waals surface area (Å²) in [6, 6.07) is 17.2. The van der Waals surface area contributed by atoms with Crippen LogP contribution < -0.4 is 5.73 Å². The van der Waals surface area contributed by atoms with Crippen LogP contribution in [0.4, 0.5) is 0 Å². The molecule has 0 amide bonds. The zero-order valence-electron chi connectivity index (χ0n) is 9.27. The van der Waals surface area contributed by atoms with Crippen molar-refractivity contribution in [2.45, 2.75) is 0 Å². The number of hydrogen-bond donors (Lipinski definition) is 2. The predicted octanol–water partition coefficient (Wildman–Crippen LogP) is 2.37. The summed E-state index contributed by atoms with van der Waals surface area (Å²) >= 11 is 0. The maximum atomic E-state index is 7.28. The molecule has 0 aliphatic rings. The lowest BCUT2D eigenvalue weighted by atomic mass is 10.1. The van der Waals surface area contributed by atoms with Gasteiger partial charge in [0.15, 0.2) is 0 Å². The summed E-state index contributed by atoms with van der Waals surface area (Å²) in [6.45, 7) is 0. The predicted molar refractivity (Wildman–Crippen MR) is 69.9 cm³/mol. The second-order valence-electron chi connectivity index (χ2n) is 3.61. The van der Waals surface area contributed by atoms with Crippen LogP contribution in [0.2, 0.25) is 0 Å². The second-order valence-corrected chi connectivity index (χ2v) is 3.61. The molecule has 0 aliphatic carbocycles. The van der Waals surface area contributed by atoms with Gasteiger partial charge in [0.2, 0.25) is 0 Å². The summed E-state index contributed by atoms with van der Waals surface area (Å²) in [6.07, 6.45) is 0. The minimum absolute atomic E-state index is 0.0765. The lowest BCUT2D eigenvalue weighted by Crippen LogP contribution is -2.10. The summed E-state index contributed by atoms with van der Waals surface area (Å²) < 4.78 is 0. The van der Waals surface area contributed by atoms with Gasteiger partial charge in [0.05, 0.1) is 0 Å². The van der Waals surface area contributed by atoms with Gasteiger partial charge in [-0.2, -0.15) is 0 Å². The number of amidine groups is 1. The molecule has 0 unspecified atom stereocenters. The lowest BCUT2D eigenvalue weighted by molar-refractivity contribution is 1.42. The Morgan fingerprint density at radius 2 is 1.35 bits per heavy atom. The quantitative estimate of drug-likeness (QED) is 0.432. The highest BCUT2D eigenvalue weighted by atomic mass is 14.7. The molecule has 0 radical (unpaired) electrons. The van der Waals surface area contributed by atoms with Crippen LogP contribution in [-0.2, 0) is 0 Å². The zero-order valence-corrected chi connectivity index (χ0v) is 9.27. The Kier molecular flexibility index (Phi) is 3.23. The first-order valence-corrected chi connectivity index (χ1v) is 5.27. The summed E-state index contributed by atoms with van der Waals surface area (Å²) in [5.41, 5.74) is 8.00. The van der Waals surface area contributed by atoms with Gasteiger partial charge >= 0.3 is 0 Å². The van der Waals surface area contributed by atoms with Crippen molar-refractivity contribution >= 4 is 5.84 Å². The molecule has 2 aromatic rings. The molecule has 0 aromatic heterocycles. The number of rotatable bonds is 1. The Balaban J connectivity index is 2.20. The van der Waals surface area contributed by atoms with Gasteiger partial charge in [-0.1, -0.05) is 42.2 Å². The van der Waals surface area contributed by atoms with Crippen molar-refractivity contribution in [3.05, 3.63) is 71.3 Å². The maximum absolute atomic E-state index is 7.28. The molecular weight excluding hydrogens is 208 g/mol. The van der Waals surface area contributed by atoms with E-state index in [0.29, 0.717) is 0 Å². The molecule has 0 fully saturated rings. The monoisotopic (exact) mass is 220 g/mol. The average Bonchev–Trinajstić information content (AvgIpc) is 2.38. The Morgan fingerprint density at radius 1 is 0.824 bits per heavy atom. The van der Waals surface area contributed by atoms with Crippen molar-refractivity contribution in [2.75, 3.05) is 0 Å². The van der Waals surface area contributed by atoms with Gasteiger partial charge < -0.3 is 5.73 Å². The molecular formula is C15H12N2. The van der Waals surface area contributed by atoms with E-state index in [1.807, 2.05) is 42.5 Å². The highest BCUT2D eigenvalue weighted by Crippen LogP contribution is 2.03. The fourth-order valence-electron chi connectivity index (χ4n) is 1.40. The first-order valence-electron chi connectivity index (χ1n) is 5.27. The number of hydrogen-bond acceptors (Lipinski definition) is 1. The largest absolute Gasteiger partial charge is 0.384 e. The van der Waals surface area contributed by atoms with Gasteiger partial charge in [-0.3, -0.25) is 5.41 Å². The van der Waals surface area contributed by atoms with Gasteiger partial charge in [0, 0.05) is 16.7 Å². The summed E-state index contributed by atoms with van der Waals surface area (Å²) in [4.78, 5) is 0. The Hall–Kier alpha value is -2.53. The SMILES string of the molecule is N=C(N)c1ccc(C#Cc2ccccc2)cc1. The Morgan fingerprint density at radius 3 is 1.88 bits per heavy atom. The first-order chi connectivity index (χ1) is 8.25. The summed E-state index contributed by atoms with van der Waals surface area (Å²) in [5.74, 6) is 6.22. The standard InChI is InChI=1S/C15H12N2/c16-15(17)14-10-8-13(9-11-14)7-6-12-4-2-1-3-5-12/h1-5,8-11H,(H3,16,17). The van der Waals surface area contributed by atoms with E-state index in [4.69, 9.17) is 11.1 Å². The molecule has 17 heavy (non-hydrogen) atoms. The van der Waals surface area contributed by atoms with Crippen molar-refractivity contribution in [1.82, 2.24) is 0 Å². The molecule has 2 rings (SSSR count). The molecule has 0 saturated carbocycles. The Bertz CT molecular complexity index is 572. The van der Waals surface area contributed by atoms with Crippen molar-refractivity contribution in [2.24, 2.45) is 5.73 Å². The van der Waals surface area contributed by atoms with E-state index in [9.17, 15) is 0 Å². The minimum Gasteiger partial charge on any atom is -0.384 e. The lowest BCUT2D eigenvalue weighted by Gasteiger charge is -1.96. The summed E-state index contributed by atoms with van der Waals surface area (Å²) in [7, 11) is 0. The van der Waals surface area contributed by atoms with Gasteiger partial charge in [-0.25, -0.2) is 0 Å². The molecule has 0 heterocycles.